The van der Waals surface area contributed by atoms with Crippen molar-refractivity contribution < 1.29 is 13.9 Å². The zero-order valence-corrected chi connectivity index (χ0v) is 17.3. The van der Waals surface area contributed by atoms with Crippen molar-refractivity contribution in [3.8, 4) is 11.5 Å². The fourth-order valence-electron chi connectivity index (χ4n) is 2.77. The maximum absolute atomic E-state index is 6.01. The zero-order valence-electron chi connectivity index (χ0n) is 15.7. The highest BCUT2D eigenvalue weighted by molar-refractivity contribution is 9.10. The molecule has 0 spiro atoms. The Labute approximate surface area is 158 Å². The molecule has 1 aromatic heterocycles. The van der Waals surface area contributed by atoms with Crippen LogP contribution in [0.15, 0.2) is 44.3 Å². The van der Waals surface area contributed by atoms with Crippen LogP contribution in [-0.2, 0) is 6.42 Å². The summed E-state index contributed by atoms with van der Waals surface area (Å²) in [7, 11) is 3.26. The van der Waals surface area contributed by atoms with Crippen LogP contribution in [0.3, 0.4) is 0 Å². The highest BCUT2D eigenvalue weighted by Crippen LogP contribution is 2.42. The van der Waals surface area contributed by atoms with Gasteiger partial charge in [-0.05, 0) is 68.1 Å². The lowest BCUT2D eigenvalue weighted by atomic mass is 10.1. The van der Waals surface area contributed by atoms with Gasteiger partial charge in [0.15, 0.2) is 17.1 Å². The monoisotopic (exact) mass is 406 g/mol. The summed E-state index contributed by atoms with van der Waals surface area (Å²) in [6.45, 7) is 6.48. The third kappa shape index (κ3) is 5.15. The van der Waals surface area contributed by atoms with Crippen LogP contribution in [0.1, 0.15) is 45.8 Å². The summed E-state index contributed by atoms with van der Waals surface area (Å²) in [6.07, 6.45) is 8.68. The molecule has 1 aromatic carbocycles. The Morgan fingerprint density at radius 3 is 2.48 bits per heavy atom. The molecule has 1 heterocycles. The number of rotatable bonds is 8. The first-order chi connectivity index (χ1) is 12.0. The van der Waals surface area contributed by atoms with E-state index in [2.05, 4.69) is 54.9 Å². The van der Waals surface area contributed by atoms with E-state index in [-0.39, 0.29) is 0 Å². The van der Waals surface area contributed by atoms with Gasteiger partial charge in [-0.1, -0.05) is 23.3 Å². The van der Waals surface area contributed by atoms with Gasteiger partial charge in [0.2, 0.25) is 0 Å². The second-order valence-corrected chi connectivity index (χ2v) is 7.26. The van der Waals surface area contributed by atoms with Crippen LogP contribution < -0.4 is 9.47 Å². The van der Waals surface area contributed by atoms with Crippen LogP contribution in [0.4, 0.5) is 0 Å². The van der Waals surface area contributed by atoms with Crippen molar-refractivity contribution in [2.45, 2.75) is 46.5 Å². The van der Waals surface area contributed by atoms with E-state index in [1.54, 1.807) is 14.2 Å². The number of allylic oxidation sites excluding steroid dienone is 4. The van der Waals surface area contributed by atoms with Crippen LogP contribution in [0.5, 0.6) is 11.5 Å². The minimum absolute atomic E-state index is 0.658. The van der Waals surface area contributed by atoms with E-state index >= 15 is 0 Å². The summed E-state index contributed by atoms with van der Waals surface area (Å²) in [6, 6.07) is 4.03. The van der Waals surface area contributed by atoms with Gasteiger partial charge in [0, 0.05) is 11.8 Å². The Morgan fingerprint density at radius 2 is 1.84 bits per heavy atom. The number of furan rings is 1. The van der Waals surface area contributed by atoms with E-state index in [1.165, 1.54) is 11.1 Å². The number of methoxy groups -OCH3 is 2. The Bertz CT molecular complexity index is 780. The fraction of sp³-hybridized carbons (Fsp3) is 0.429. The smallest absolute Gasteiger partial charge is 0.178 e. The summed E-state index contributed by atoms with van der Waals surface area (Å²) in [4.78, 5) is 0. The van der Waals surface area contributed by atoms with Crippen LogP contribution >= 0.6 is 15.9 Å². The molecule has 0 saturated carbocycles. The van der Waals surface area contributed by atoms with Crippen LogP contribution in [0.2, 0.25) is 0 Å². The molecule has 0 aliphatic heterocycles. The lowest BCUT2D eigenvalue weighted by Gasteiger charge is -2.09. The van der Waals surface area contributed by atoms with Crippen LogP contribution in [0, 0.1) is 0 Å². The second kappa shape index (κ2) is 9.14. The Hall–Kier alpha value is -1.68. The molecule has 0 N–H and O–H groups in total. The quantitative estimate of drug-likeness (QED) is 0.449. The number of fused-ring (bicyclic) bond motifs is 1. The van der Waals surface area contributed by atoms with Gasteiger partial charge in [0.25, 0.3) is 0 Å². The summed E-state index contributed by atoms with van der Waals surface area (Å²) in [5.74, 6) is 2.33. The number of hydrogen-bond donors (Lipinski definition) is 0. The average Bonchev–Trinajstić information content (AvgIpc) is 2.97. The molecule has 136 valence electrons. The molecule has 0 amide bonds. The van der Waals surface area contributed by atoms with E-state index < -0.39 is 0 Å². The van der Waals surface area contributed by atoms with Crippen molar-refractivity contribution >= 4 is 26.9 Å². The van der Waals surface area contributed by atoms with Crippen molar-refractivity contribution in [3.63, 3.8) is 0 Å². The van der Waals surface area contributed by atoms with Crippen molar-refractivity contribution in [1.82, 2.24) is 0 Å². The standard InChI is InChI=1S/C21H27BrO3/c1-14(2)8-6-9-15(3)10-7-11-17-12-16-13-18(23-4)21(24-5)19(22)20(16)25-17/h8,10,12-13H,6-7,9,11H2,1-5H3/b15-10+. The number of hydrogen-bond acceptors (Lipinski definition) is 3. The van der Waals surface area contributed by atoms with Gasteiger partial charge in [-0.15, -0.1) is 0 Å². The molecule has 0 radical (unpaired) electrons. The van der Waals surface area contributed by atoms with E-state index in [0.717, 1.165) is 46.9 Å². The molecule has 2 aromatic rings. The lowest BCUT2D eigenvalue weighted by Crippen LogP contribution is -1.91. The van der Waals surface area contributed by atoms with E-state index in [1.807, 2.05) is 6.07 Å². The Morgan fingerprint density at radius 1 is 1.08 bits per heavy atom. The topological polar surface area (TPSA) is 31.6 Å². The molecule has 0 saturated heterocycles. The molecule has 2 rings (SSSR count). The van der Waals surface area contributed by atoms with E-state index in [4.69, 9.17) is 13.9 Å². The summed E-state index contributed by atoms with van der Waals surface area (Å²) < 4.78 is 17.6. The van der Waals surface area contributed by atoms with Gasteiger partial charge < -0.3 is 13.9 Å². The molecule has 0 bridgehead atoms. The van der Waals surface area contributed by atoms with Gasteiger partial charge in [0.1, 0.15) is 10.2 Å². The molecular formula is C21H27BrO3. The molecule has 3 nitrogen and oxygen atoms in total. The largest absolute Gasteiger partial charge is 0.493 e. The van der Waals surface area contributed by atoms with Gasteiger partial charge in [0.05, 0.1) is 14.2 Å². The first kappa shape index (κ1) is 19.6. The maximum atomic E-state index is 6.01. The van der Waals surface area contributed by atoms with Crippen molar-refractivity contribution in [2.24, 2.45) is 0 Å². The second-order valence-electron chi connectivity index (χ2n) is 6.47. The third-order valence-corrected chi connectivity index (χ3v) is 4.84. The average molecular weight is 407 g/mol. The Balaban J connectivity index is 2.07. The van der Waals surface area contributed by atoms with E-state index in [0.29, 0.717) is 11.5 Å². The van der Waals surface area contributed by atoms with Gasteiger partial charge >= 0.3 is 0 Å². The molecule has 0 atom stereocenters. The van der Waals surface area contributed by atoms with E-state index in [9.17, 15) is 0 Å². The highest BCUT2D eigenvalue weighted by atomic mass is 79.9. The fourth-order valence-corrected chi connectivity index (χ4v) is 3.44. The molecule has 0 unspecified atom stereocenters. The highest BCUT2D eigenvalue weighted by Gasteiger charge is 2.16. The number of halogens is 1. The maximum Gasteiger partial charge on any atom is 0.178 e. The number of benzene rings is 1. The SMILES string of the molecule is COc1cc2cc(CC/C=C(\C)CCC=C(C)C)oc2c(Br)c1OC. The van der Waals surface area contributed by atoms with Crippen LogP contribution in [0.25, 0.3) is 11.0 Å². The van der Waals surface area contributed by atoms with Gasteiger partial charge in [-0.2, -0.15) is 0 Å². The molecule has 25 heavy (non-hydrogen) atoms. The molecule has 4 heteroatoms. The third-order valence-electron chi connectivity index (χ3n) is 4.12. The lowest BCUT2D eigenvalue weighted by molar-refractivity contribution is 0.353. The van der Waals surface area contributed by atoms with Crippen LogP contribution in [-0.4, -0.2) is 14.2 Å². The molecule has 0 aliphatic rings. The van der Waals surface area contributed by atoms with Crippen molar-refractivity contribution in [1.29, 1.82) is 0 Å². The summed E-state index contributed by atoms with van der Waals surface area (Å²) >= 11 is 3.56. The molecule has 0 fully saturated rings. The number of ether oxygens (including phenoxy) is 2. The Kier molecular flexibility index (Phi) is 7.18. The number of aryl methyl sites for hydroxylation is 1. The van der Waals surface area contributed by atoms with Crippen molar-refractivity contribution in [2.75, 3.05) is 14.2 Å². The zero-order chi connectivity index (χ0) is 18.4. The van der Waals surface area contributed by atoms with Gasteiger partial charge in [-0.3, -0.25) is 0 Å². The minimum atomic E-state index is 0.658. The summed E-state index contributed by atoms with van der Waals surface area (Å²) in [5.41, 5.74) is 3.61. The summed E-state index contributed by atoms with van der Waals surface area (Å²) in [5, 5.41) is 1.02. The van der Waals surface area contributed by atoms with Gasteiger partial charge in [-0.25, -0.2) is 0 Å². The molecular weight excluding hydrogens is 380 g/mol. The minimum Gasteiger partial charge on any atom is -0.493 e. The first-order valence-corrected chi connectivity index (χ1v) is 9.37. The van der Waals surface area contributed by atoms with Crippen molar-refractivity contribution in [3.05, 3.63) is 45.7 Å². The first-order valence-electron chi connectivity index (χ1n) is 8.58. The predicted molar refractivity (Wildman–Crippen MR) is 108 cm³/mol. The molecule has 0 aliphatic carbocycles. The predicted octanol–water partition coefficient (Wildman–Crippen LogP) is 6.84. The normalized spacial score (nSPS) is 11.7.